The predicted molar refractivity (Wildman–Crippen MR) is 148 cm³/mol. The van der Waals surface area contributed by atoms with Gasteiger partial charge in [-0.1, -0.05) is 72.7 Å². The first kappa shape index (κ1) is 30.5. The van der Waals surface area contributed by atoms with Crippen molar-refractivity contribution in [3.63, 3.8) is 0 Å². The van der Waals surface area contributed by atoms with Gasteiger partial charge >= 0.3 is 0 Å². The Labute approximate surface area is 232 Å². The van der Waals surface area contributed by atoms with E-state index in [0.717, 1.165) is 23.4 Å². The number of anilines is 1. The minimum absolute atomic E-state index is 0.0172. The number of hydrogen-bond acceptors (Lipinski definition) is 4. The van der Waals surface area contributed by atoms with Gasteiger partial charge in [0.1, 0.15) is 12.6 Å². The molecule has 0 saturated heterocycles. The Hall–Kier alpha value is -1.71. The SMILES string of the molecule is CCCCNC(=O)[C@@H](CC)N(Cc1ccc(Cl)c(Cl)c1)C(=O)CN(c1cc(Cl)cc(Cl)c1)S(C)(=O)=O. The van der Waals surface area contributed by atoms with E-state index in [0.29, 0.717) is 28.6 Å². The molecule has 0 aliphatic rings. The Morgan fingerprint density at radius 1 is 0.972 bits per heavy atom. The smallest absolute Gasteiger partial charge is 0.244 e. The molecule has 0 radical (unpaired) electrons. The van der Waals surface area contributed by atoms with E-state index < -0.39 is 28.5 Å². The first-order valence-corrected chi connectivity index (χ1v) is 14.7. The Bertz CT molecular complexity index is 1170. The second-order valence-corrected chi connectivity index (χ2v) is 11.8. The van der Waals surface area contributed by atoms with Crippen LogP contribution in [0.15, 0.2) is 36.4 Å². The molecular weight excluding hydrogens is 568 g/mol. The molecule has 0 aliphatic heterocycles. The van der Waals surface area contributed by atoms with Crippen LogP contribution in [0.2, 0.25) is 20.1 Å². The summed E-state index contributed by atoms with van der Waals surface area (Å²) in [6.45, 7) is 3.71. The number of carbonyl (C=O) groups excluding carboxylic acids is 2. The molecule has 1 atom stereocenters. The summed E-state index contributed by atoms with van der Waals surface area (Å²) in [6, 6.07) is 8.33. The fraction of sp³-hybridized carbons (Fsp3) is 0.417. The maximum atomic E-state index is 13.6. The van der Waals surface area contributed by atoms with Crippen LogP contribution < -0.4 is 9.62 Å². The molecule has 0 aliphatic carbocycles. The van der Waals surface area contributed by atoms with Gasteiger partial charge in [0, 0.05) is 23.1 Å². The molecule has 12 heteroatoms. The topological polar surface area (TPSA) is 86.8 Å². The Morgan fingerprint density at radius 3 is 2.14 bits per heavy atom. The Kier molecular flexibility index (Phi) is 11.6. The van der Waals surface area contributed by atoms with Crippen molar-refractivity contribution in [3.05, 3.63) is 62.1 Å². The van der Waals surface area contributed by atoms with Gasteiger partial charge in [0.15, 0.2) is 0 Å². The molecular formula is C24H29Cl4N3O4S. The lowest BCUT2D eigenvalue weighted by Crippen LogP contribution is -2.52. The molecule has 0 heterocycles. The molecule has 0 aromatic heterocycles. The van der Waals surface area contributed by atoms with Crippen molar-refractivity contribution in [3.8, 4) is 0 Å². The van der Waals surface area contributed by atoms with E-state index in [4.69, 9.17) is 46.4 Å². The second-order valence-electron chi connectivity index (χ2n) is 8.24. The molecule has 0 bridgehead atoms. The minimum Gasteiger partial charge on any atom is -0.354 e. The number of unbranched alkanes of at least 4 members (excludes halogenated alkanes) is 1. The zero-order valence-corrected chi connectivity index (χ0v) is 24.1. The number of amides is 2. The van der Waals surface area contributed by atoms with E-state index in [9.17, 15) is 18.0 Å². The number of benzene rings is 2. The van der Waals surface area contributed by atoms with Crippen LogP contribution in [0.4, 0.5) is 5.69 Å². The van der Waals surface area contributed by atoms with Crippen molar-refractivity contribution in [1.29, 1.82) is 0 Å². The van der Waals surface area contributed by atoms with Crippen molar-refractivity contribution in [2.75, 3.05) is 23.7 Å². The maximum absolute atomic E-state index is 13.6. The van der Waals surface area contributed by atoms with Gasteiger partial charge < -0.3 is 10.2 Å². The van der Waals surface area contributed by atoms with Gasteiger partial charge in [0.05, 0.1) is 22.0 Å². The number of rotatable bonds is 12. The summed E-state index contributed by atoms with van der Waals surface area (Å²) in [5, 5.41) is 3.94. The van der Waals surface area contributed by atoms with Crippen LogP contribution in [0.1, 0.15) is 38.7 Å². The maximum Gasteiger partial charge on any atom is 0.244 e. The summed E-state index contributed by atoms with van der Waals surface area (Å²) in [5.41, 5.74) is 0.771. The van der Waals surface area contributed by atoms with Crippen LogP contribution in [0.5, 0.6) is 0 Å². The van der Waals surface area contributed by atoms with Crippen LogP contribution in [0.3, 0.4) is 0 Å². The molecule has 0 spiro atoms. The van der Waals surface area contributed by atoms with Crippen molar-refractivity contribution in [2.24, 2.45) is 0 Å². The third kappa shape index (κ3) is 8.70. The third-order valence-corrected chi connectivity index (χ3v) is 7.68. The van der Waals surface area contributed by atoms with Gasteiger partial charge in [0.2, 0.25) is 21.8 Å². The van der Waals surface area contributed by atoms with Crippen molar-refractivity contribution < 1.29 is 18.0 Å². The monoisotopic (exact) mass is 595 g/mol. The molecule has 0 saturated carbocycles. The molecule has 7 nitrogen and oxygen atoms in total. The number of carbonyl (C=O) groups is 2. The molecule has 198 valence electrons. The average Bonchev–Trinajstić information content (AvgIpc) is 2.78. The normalized spacial score (nSPS) is 12.2. The highest BCUT2D eigenvalue weighted by Gasteiger charge is 2.32. The van der Waals surface area contributed by atoms with Gasteiger partial charge in [-0.25, -0.2) is 8.42 Å². The molecule has 36 heavy (non-hydrogen) atoms. The van der Waals surface area contributed by atoms with Crippen LogP contribution in [-0.4, -0.2) is 50.5 Å². The standard InChI is InChI=1S/C24H29Cl4N3O4S/c1-4-6-9-29-24(33)22(5-2)30(14-16-7-8-20(27)21(28)10-16)23(32)15-31(36(3,34)35)19-12-17(25)11-18(26)13-19/h7-8,10-13,22H,4-6,9,14-15H2,1-3H3,(H,29,33)/t22-/m1/s1. The lowest BCUT2D eigenvalue weighted by Gasteiger charge is -2.33. The lowest BCUT2D eigenvalue weighted by molar-refractivity contribution is -0.140. The lowest BCUT2D eigenvalue weighted by atomic mass is 10.1. The van der Waals surface area contributed by atoms with E-state index in [1.807, 2.05) is 6.92 Å². The van der Waals surface area contributed by atoms with Gasteiger partial charge in [-0.3, -0.25) is 13.9 Å². The van der Waals surface area contributed by atoms with Crippen molar-refractivity contribution in [2.45, 2.75) is 45.7 Å². The zero-order chi connectivity index (χ0) is 27.0. The highest BCUT2D eigenvalue weighted by molar-refractivity contribution is 7.92. The van der Waals surface area contributed by atoms with Crippen LogP contribution >= 0.6 is 46.4 Å². The largest absolute Gasteiger partial charge is 0.354 e. The Morgan fingerprint density at radius 2 is 1.61 bits per heavy atom. The first-order chi connectivity index (χ1) is 16.9. The third-order valence-electron chi connectivity index (χ3n) is 5.37. The summed E-state index contributed by atoms with van der Waals surface area (Å²) < 4.78 is 26.2. The number of hydrogen-bond donors (Lipinski definition) is 1. The quantitative estimate of drug-likeness (QED) is 0.314. The minimum atomic E-state index is -3.91. The molecule has 2 amide bonds. The Balaban J connectivity index is 2.46. The van der Waals surface area contributed by atoms with E-state index in [2.05, 4.69) is 5.32 Å². The van der Waals surface area contributed by atoms with Gasteiger partial charge in [0.25, 0.3) is 0 Å². The van der Waals surface area contributed by atoms with E-state index in [1.54, 1.807) is 25.1 Å². The van der Waals surface area contributed by atoms with Crippen molar-refractivity contribution >= 4 is 73.9 Å². The highest BCUT2D eigenvalue weighted by atomic mass is 35.5. The number of nitrogens with zero attached hydrogens (tertiary/aromatic N) is 2. The number of sulfonamides is 1. The highest BCUT2D eigenvalue weighted by Crippen LogP contribution is 2.28. The van der Waals surface area contributed by atoms with Crippen LogP contribution in [0.25, 0.3) is 0 Å². The number of nitrogens with one attached hydrogen (secondary N) is 1. The van der Waals surface area contributed by atoms with Gasteiger partial charge in [-0.05, 0) is 48.7 Å². The summed E-state index contributed by atoms with van der Waals surface area (Å²) in [7, 11) is -3.91. The molecule has 1 N–H and O–H groups in total. The summed E-state index contributed by atoms with van der Waals surface area (Å²) in [5.74, 6) is -0.906. The summed E-state index contributed by atoms with van der Waals surface area (Å²) in [4.78, 5) is 28.0. The second kappa shape index (κ2) is 13.7. The first-order valence-electron chi connectivity index (χ1n) is 11.3. The summed E-state index contributed by atoms with van der Waals surface area (Å²) >= 11 is 24.3. The molecule has 2 aromatic rings. The van der Waals surface area contributed by atoms with E-state index >= 15 is 0 Å². The average molecular weight is 597 g/mol. The molecule has 0 fully saturated rings. The molecule has 0 unspecified atom stereocenters. The fourth-order valence-electron chi connectivity index (χ4n) is 3.56. The molecule has 2 rings (SSSR count). The van der Waals surface area contributed by atoms with E-state index in [1.165, 1.54) is 23.1 Å². The number of halogens is 4. The van der Waals surface area contributed by atoms with Crippen LogP contribution in [-0.2, 0) is 26.2 Å². The summed E-state index contributed by atoms with van der Waals surface area (Å²) in [6.07, 6.45) is 2.98. The van der Waals surface area contributed by atoms with E-state index in [-0.39, 0.29) is 28.2 Å². The zero-order valence-electron chi connectivity index (χ0n) is 20.2. The van der Waals surface area contributed by atoms with Crippen molar-refractivity contribution in [1.82, 2.24) is 10.2 Å². The van der Waals surface area contributed by atoms with Gasteiger partial charge in [-0.2, -0.15) is 0 Å². The van der Waals surface area contributed by atoms with Crippen LogP contribution in [0, 0.1) is 0 Å². The fourth-order valence-corrected chi connectivity index (χ4v) is 5.23. The molecule has 2 aromatic carbocycles. The predicted octanol–water partition coefficient (Wildman–Crippen LogP) is 5.79. The van der Waals surface area contributed by atoms with Gasteiger partial charge in [-0.15, -0.1) is 0 Å².